The van der Waals surface area contributed by atoms with Crippen molar-refractivity contribution in [2.24, 2.45) is 0 Å². The first-order valence-electron chi connectivity index (χ1n) is 3.67. The molecule has 0 atom stereocenters. The van der Waals surface area contributed by atoms with Gasteiger partial charge in [0.2, 0.25) is 5.95 Å². The van der Waals surface area contributed by atoms with E-state index < -0.39 is 0 Å². The van der Waals surface area contributed by atoms with Crippen LogP contribution in [0.5, 0.6) is 0 Å². The van der Waals surface area contributed by atoms with Crippen molar-refractivity contribution >= 4 is 18.2 Å². The van der Waals surface area contributed by atoms with E-state index in [1.165, 1.54) is 12.8 Å². The highest BCUT2D eigenvalue weighted by Crippen LogP contribution is 2.14. The Morgan fingerprint density at radius 1 is 1.45 bits per heavy atom. The molecule has 2 heterocycles. The molecular formula is C6H9N3OS. The van der Waals surface area contributed by atoms with Crippen LogP contribution in [0.25, 0.3) is 0 Å². The second-order valence-electron chi connectivity index (χ2n) is 2.60. The van der Waals surface area contributed by atoms with Crippen LogP contribution in [0.4, 0.5) is 5.95 Å². The molecule has 1 fully saturated rings. The molecule has 0 saturated carbocycles. The molecule has 0 amide bonds. The normalized spacial score (nSPS) is 17.6. The third kappa shape index (κ3) is 1.28. The van der Waals surface area contributed by atoms with Gasteiger partial charge in [-0.25, -0.2) is 0 Å². The minimum absolute atomic E-state index is 0.284. The first-order valence-corrected chi connectivity index (χ1v) is 4.07. The maximum Gasteiger partial charge on any atom is 0.315 e. The zero-order valence-electron chi connectivity index (χ0n) is 6.04. The third-order valence-corrected chi connectivity index (χ3v) is 2.01. The lowest BCUT2D eigenvalue weighted by atomic mass is 10.4. The van der Waals surface area contributed by atoms with Crippen molar-refractivity contribution in [1.82, 2.24) is 10.1 Å². The molecule has 0 unspecified atom stereocenters. The first kappa shape index (κ1) is 6.84. The number of rotatable bonds is 1. The van der Waals surface area contributed by atoms with E-state index in [4.69, 9.17) is 16.7 Å². The van der Waals surface area contributed by atoms with Gasteiger partial charge in [-0.15, -0.1) is 0 Å². The molecule has 4 nitrogen and oxygen atoms in total. The SMILES string of the molecule is S=c1nc(N2CCCC2)[nH]o1. The van der Waals surface area contributed by atoms with Gasteiger partial charge >= 0.3 is 4.84 Å². The van der Waals surface area contributed by atoms with Crippen molar-refractivity contribution in [2.45, 2.75) is 12.8 Å². The highest BCUT2D eigenvalue weighted by Gasteiger charge is 2.14. The summed E-state index contributed by atoms with van der Waals surface area (Å²) < 4.78 is 4.81. The number of nitrogens with zero attached hydrogens (tertiary/aromatic N) is 2. The Labute approximate surface area is 69.2 Å². The molecule has 0 aromatic carbocycles. The second kappa shape index (κ2) is 2.65. The fourth-order valence-corrected chi connectivity index (χ4v) is 1.41. The van der Waals surface area contributed by atoms with Gasteiger partial charge in [-0.2, -0.15) is 10.1 Å². The zero-order valence-corrected chi connectivity index (χ0v) is 6.86. The van der Waals surface area contributed by atoms with E-state index in [0.717, 1.165) is 19.0 Å². The molecule has 0 radical (unpaired) electrons. The van der Waals surface area contributed by atoms with Crippen LogP contribution in [0.1, 0.15) is 12.8 Å². The number of aromatic amines is 1. The summed E-state index contributed by atoms with van der Waals surface area (Å²) in [5.41, 5.74) is 0. The Balaban J connectivity index is 2.21. The molecule has 11 heavy (non-hydrogen) atoms. The highest BCUT2D eigenvalue weighted by atomic mass is 32.1. The van der Waals surface area contributed by atoms with Crippen LogP contribution in [-0.2, 0) is 0 Å². The lowest BCUT2D eigenvalue weighted by Crippen LogP contribution is -2.18. The predicted molar refractivity (Wildman–Crippen MR) is 43.1 cm³/mol. The molecule has 1 aliphatic rings. The summed E-state index contributed by atoms with van der Waals surface area (Å²) in [5.74, 6) is 0.771. The molecule has 0 bridgehead atoms. The number of hydrogen-bond acceptors (Lipinski definition) is 4. The summed E-state index contributed by atoms with van der Waals surface area (Å²) in [6, 6.07) is 0. The van der Waals surface area contributed by atoms with E-state index >= 15 is 0 Å². The average molecular weight is 171 g/mol. The van der Waals surface area contributed by atoms with Gasteiger partial charge in [0.05, 0.1) is 0 Å². The van der Waals surface area contributed by atoms with Crippen LogP contribution >= 0.6 is 12.2 Å². The van der Waals surface area contributed by atoms with Gasteiger partial charge in [-0.1, -0.05) is 0 Å². The van der Waals surface area contributed by atoms with E-state index in [2.05, 4.69) is 15.0 Å². The summed E-state index contributed by atoms with van der Waals surface area (Å²) in [6.07, 6.45) is 2.46. The molecule has 2 rings (SSSR count). The second-order valence-corrected chi connectivity index (χ2v) is 2.95. The fourth-order valence-electron chi connectivity index (χ4n) is 1.29. The molecule has 1 aliphatic heterocycles. The molecule has 1 saturated heterocycles. The summed E-state index contributed by atoms with van der Waals surface area (Å²) >= 11 is 4.73. The van der Waals surface area contributed by atoms with Crippen LogP contribution in [0.2, 0.25) is 0 Å². The Morgan fingerprint density at radius 3 is 2.73 bits per heavy atom. The lowest BCUT2D eigenvalue weighted by Gasteiger charge is -2.10. The molecule has 0 spiro atoms. The van der Waals surface area contributed by atoms with Gasteiger partial charge in [0.15, 0.2) is 0 Å². The Kier molecular flexibility index (Phi) is 1.65. The van der Waals surface area contributed by atoms with Crippen LogP contribution in [0, 0.1) is 4.84 Å². The fraction of sp³-hybridized carbons (Fsp3) is 0.667. The van der Waals surface area contributed by atoms with Crippen LogP contribution in [0.15, 0.2) is 4.52 Å². The quantitative estimate of drug-likeness (QED) is 0.647. The summed E-state index contributed by atoms with van der Waals surface area (Å²) in [4.78, 5) is 6.43. The summed E-state index contributed by atoms with van der Waals surface area (Å²) in [5, 5.41) is 2.68. The van der Waals surface area contributed by atoms with E-state index in [9.17, 15) is 0 Å². The summed E-state index contributed by atoms with van der Waals surface area (Å²) in [7, 11) is 0. The summed E-state index contributed by atoms with van der Waals surface area (Å²) in [6.45, 7) is 2.11. The first-order chi connectivity index (χ1) is 5.36. The number of H-pyrrole nitrogens is 1. The van der Waals surface area contributed by atoms with Gasteiger partial charge in [-0.3, -0.25) is 0 Å². The molecule has 5 heteroatoms. The molecular weight excluding hydrogens is 162 g/mol. The molecule has 0 aliphatic carbocycles. The van der Waals surface area contributed by atoms with Crippen molar-refractivity contribution in [3.8, 4) is 0 Å². The molecule has 1 N–H and O–H groups in total. The standard InChI is InChI=1S/C6H9N3OS/c11-6-7-5(8-10-6)9-3-1-2-4-9/h1-4H2,(H,7,8,11). The smallest absolute Gasteiger partial charge is 0.315 e. The van der Waals surface area contributed by atoms with Crippen molar-refractivity contribution in [2.75, 3.05) is 18.0 Å². The Morgan fingerprint density at radius 2 is 2.18 bits per heavy atom. The number of aromatic nitrogens is 2. The monoisotopic (exact) mass is 171 g/mol. The van der Waals surface area contributed by atoms with Crippen molar-refractivity contribution in [3.63, 3.8) is 0 Å². The average Bonchev–Trinajstić information content (AvgIpc) is 2.55. The molecule has 60 valence electrons. The van der Waals surface area contributed by atoms with E-state index in [-0.39, 0.29) is 4.84 Å². The minimum Gasteiger partial charge on any atom is -0.346 e. The number of hydrogen-bond donors (Lipinski definition) is 1. The largest absolute Gasteiger partial charge is 0.346 e. The van der Waals surface area contributed by atoms with E-state index in [1.807, 2.05) is 0 Å². The predicted octanol–water partition coefficient (Wildman–Crippen LogP) is 1.33. The topological polar surface area (TPSA) is 45.1 Å². The van der Waals surface area contributed by atoms with E-state index in [1.54, 1.807) is 0 Å². The number of anilines is 1. The number of nitrogens with one attached hydrogen (secondary N) is 1. The van der Waals surface area contributed by atoms with Gasteiger partial charge in [0.1, 0.15) is 0 Å². The maximum atomic E-state index is 4.81. The maximum absolute atomic E-state index is 4.81. The lowest BCUT2D eigenvalue weighted by molar-refractivity contribution is 0.404. The van der Waals surface area contributed by atoms with Gasteiger partial charge < -0.3 is 9.42 Å². The van der Waals surface area contributed by atoms with Crippen molar-refractivity contribution in [3.05, 3.63) is 4.84 Å². The van der Waals surface area contributed by atoms with Crippen LogP contribution in [0.3, 0.4) is 0 Å². The van der Waals surface area contributed by atoms with Crippen LogP contribution < -0.4 is 4.90 Å². The van der Waals surface area contributed by atoms with Gasteiger partial charge in [0.25, 0.3) is 0 Å². The molecule has 1 aromatic rings. The highest BCUT2D eigenvalue weighted by molar-refractivity contribution is 7.71. The molecule has 1 aromatic heterocycles. The van der Waals surface area contributed by atoms with Gasteiger partial charge in [-0.05, 0) is 25.1 Å². The Bertz CT molecular complexity index is 286. The van der Waals surface area contributed by atoms with E-state index in [0.29, 0.717) is 0 Å². The van der Waals surface area contributed by atoms with Crippen molar-refractivity contribution < 1.29 is 4.52 Å². The Hall–Kier alpha value is -0.840. The minimum atomic E-state index is 0.284. The third-order valence-electron chi connectivity index (χ3n) is 1.83. The van der Waals surface area contributed by atoms with Gasteiger partial charge in [0, 0.05) is 13.1 Å². The van der Waals surface area contributed by atoms with Crippen molar-refractivity contribution in [1.29, 1.82) is 0 Å². The van der Waals surface area contributed by atoms with Crippen LogP contribution in [-0.4, -0.2) is 23.2 Å². The zero-order chi connectivity index (χ0) is 7.68.